The highest BCUT2D eigenvalue weighted by Crippen LogP contribution is 2.28. The normalized spacial score (nSPS) is 14.7. The van der Waals surface area contributed by atoms with Crippen molar-refractivity contribution in [3.8, 4) is 0 Å². The molecule has 1 aliphatic heterocycles. The van der Waals surface area contributed by atoms with E-state index >= 15 is 0 Å². The van der Waals surface area contributed by atoms with Crippen LogP contribution in [0.15, 0.2) is 42.5 Å². The predicted molar refractivity (Wildman–Crippen MR) is 105 cm³/mol. The van der Waals surface area contributed by atoms with Gasteiger partial charge in [-0.15, -0.1) is 0 Å². The second-order valence-corrected chi connectivity index (χ2v) is 6.94. The first-order valence-electron chi connectivity index (χ1n) is 9.06. The van der Waals surface area contributed by atoms with Gasteiger partial charge in [-0.05, 0) is 68.5 Å². The zero-order chi connectivity index (χ0) is 17.2. The number of nitrogens with one attached hydrogen (secondary N) is 1. The minimum absolute atomic E-state index is 0.671. The average Bonchev–Trinajstić information content (AvgIpc) is 2.61. The molecule has 2 heterocycles. The largest absolute Gasteiger partial charge is 0.356 e. The molecule has 3 aromatic rings. The van der Waals surface area contributed by atoms with Gasteiger partial charge in [0, 0.05) is 24.2 Å². The van der Waals surface area contributed by atoms with E-state index in [2.05, 4.69) is 60.5 Å². The summed E-state index contributed by atoms with van der Waals surface area (Å²) < 4.78 is 0. The monoisotopic (exact) mass is 332 g/mol. The van der Waals surface area contributed by atoms with Crippen LogP contribution >= 0.6 is 0 Å². The SMILES string of the molecule is Cc1cc(C)cc(Nc2nc(N3CCCCC3)c3ccccc3n2)c1. The number of hydrogen-bond acceptors (Lipinski definition) is 4. The summed E-state index contributed by atoms with van der Waals surface area (Å²) in [7, 11) is 0. The van der Waals surface area contributed by atoms with Crippen molar-refractivity contribution >= 4 is 28.4 Å². The first-order chi connectivity index (χ1) is 12.2. The quantitative estimate of drug-likeness (QED) is 0.734. The maximum atomic E-state index is 4.88. The number of fused-ring (bicyclic) bond motifs is 1. The Bertz CT molecular complexity index is 877. The number of hydrogen-bond donors (Lipinski definition) is 1. The minimum Gasteiger partial charge on any atom is -0.356 e. The highest BCUT2D eigenvalue weighted by Gasteiger charge is 2.17. The molecule has 1 aliphatic rings. The Morgan fingerprint density at radius 3 is 2.36 bits per heavy atom. The van der Waals surface area contributed by atoms with Crippen LogP contribution in [0.5, 0.6) is 0 Å². The van der Waals surface area contributed by atoms with Crippen LogP contribution < -0.4 is 10.2 Å². The molecule has 0 atom stereocenters. The first kappa shape index (κ1) is 15.9. The molecule has 1 aromatic heterocycles. The third-order valence-corrected chi connectivity index (χ3v) is 4.72. The molecule has 0 saturated carbocycles. The molecule has 0 aliphatic carbocycles. The number of aryl methyl sites for hydroxylation is 2. The molecule has 0 radical (unpaired) electrons. The van der Waals surface area contributed by atoms with Gasteiger partial charge >= 0.3 is 0 Å². The maximum Gasteiger partial charge on any atom is 0.229 e. The van der Waals surface area contributed by atoms with E-state index in [4.69, 9.17) is 9.97 Å². The Balaban J connectivity index is 1.76. The lowest BCUT2D eigenvalue weighted by atomic mass is 10.1. The van der Waals surface area contributed by atoms with E-state index in [0.717, 1.165) is 35.5 Å². The fourth-order valence-electron chi connectivity index (χ4n) is 3.64. The summed E-state index contributed by atoms with van der Waals surface area (Å²) in [5.41, 5.74) is 4.50. The van der Waals surface area contributed by atoms with E-state index in [1.165, 1.54) is 30.4 Å². The Labute approximate surface area is 148 Å². The Morgan fingerprint density at radius 1 is 0.880 bits per heavy atom. The van der Waals surface area contributed by atoms with Crippen LogP contribution in [0.3, 0.4) is 0 Å². The molecule has 4 nitrogen and oxygen atoms in total. The topological polar surface area (TPSA) is 41.1 Å². The fraction of sp³-hybridized carbons (Fsp3) is 0.333. The molecule has 25 heavy (non-hydrogen) atoms. The summed E-state index contributed by atoms with van der Waals surface area (Å²) in [6, 6.07) is 14.7. The van der Waals surface area contributed by atoms with E-state index in [9.17, 15) is 0 Å². The Kier molecular flexibility index (Phi) is 4.26. The third kappa shape index (κ3) is 3.43. The van der Waals surface area contributed by atoms with Gasteiger partial charge in [0.2, 0.25) is 5.95 Å². The summed E-state index contributed by atoms with van der Waals surface area (Å²) in [6.07, 6.45) is 3.78. The number of piperidine rings is 1. The lowest BCUT2D eigenvalue weighted by molar-refractivity contribution is 0.575. The van der Waals surface area contributed by atoms with Gasteiger partial charge < -0.3 is 10.2 Å². The van der Waals surface area contributed by atoms with Crippen molar-refractivity contribution < 1.29 is 0 Å². The van der Waals surface area contributed by atoms with Gasteiger partial charge in [0.15, 0.2) is 0 Å². The molecule has 1 saturated heterocycles. The standard InChI is InChI=1S/C21H24N4/c1-15-12-16(2)14-17(13-15)22-21-23-19-9-5-4-8-18(19)20(24-21)25-10-6-3-7-11-25/h4-5,8-9,12-14H,3,6-7,10-11H2,1-2H3,(H,22,23,24). The van der Waals surface area contributed by atoms with E-state index in [1.54, 1.807) is 0 Å². The Hall–Kier alpha value is -2.62. The molecule has 0 bridgehead atoms. The lowest BCUT2D eigenvalue weighted by Gasteiger charge is -2.29. The van der Waals surface area contributed by atoms with Crippen molar-refractivity contribution in [2.75, 3.05) is 23.3 Å². The van der Waals surface area contributed by atoms with Gasteiger partial charge in [-0.3, -0.25) is 0 Å². The van der Waals surface area contributed by atoms with E-state index in [1.807, 2.05) is 6.07 Å². The molecular formula is C21H24N4. The number of nitrogens with zero attached hydrogens (tertiary/aromatic N) is 3. The molecular weight excluding hydrogens is 308 g/mol. The zero-order valence-corrected chi connectivity index (χ0v) is 14.9. The number of benzene rings is 2. The van der Waals surface area contributed by atoms with Gasteiger partial charge in [0.25, 0.3) is 0 Å². The number of anilines is 3. The summed E-state index contributed by atoms with van der Waals surface area (Å²) in [5, 5.41) is 4.54. The van der Waals surface area contributed by atoms with Crippen molar-refractivity contribution in [3.05, 3.63) is 53.6 Å². The summed E-state index contributed by atoms with van der Waals surface area (Å²) >= 11 is 0. The number of aromatic nitrogens is 2. The van der Waals surface area contributed by atoms with Crippen LogP contribution in [-0.4, -0.2) is 23.1 Å². The molecule has 1 fully saturated rings. The van der Waals surface area contributed by atoms with Crippen LogP contribution in [-0.2, 0) is 0 Å². The summed E-state index contributed by atoms with van der Waals surface area (Å²) in [4.78, 5) is 12.0. The molecule has 1 N–H and O–H groups in total. The Morgan fingerprint density at radius 2 is 1.60 bits per heavy atom. The van der Waals surface area contributed by atoms with Crippen molar-refractivity contribution in [2.45, 2.75) is 33.1 Å². The van der Waals surface area contributed by atoms with Gasteiger partial charge in [-0.1, -0.05) is 18.2 Å². The van der Waals surface area contributed by atoms with Crippen LogP contribution in [0.1, 0.15) is 30.4 Å². The van der Waals surface area contributed by atoms with E-state index in [0.29, 0.717) is 5.95 Å². The van der Waals surface area contributed by atoms with E-state index < -0.39 is 0 Å². The average molecular weight is 332 g/mol. The molecule has 0 spiro atoms. The van der Waals surface area contributed by atoms with Crippen LogP contribution in [0.4, 0.5) is 17.5 Å². The molecule has 4 heteroatoms. The zero-order valence-electron chi connectivity index (χ0n) is 14.9. The first-order valence-corrected chi connectivity index (χ1v) is 9.06. The van der Waals surface area contributed by atoms with Crippen molar-refractivity contribution in [3.63, 3.8) is 0 Å². The molecule has 0 unspecified atom stereocenters. The minimum atomic E-state index is 0.671. The predicted octanol–water partition coefficient (Wildman–Crippen LogP) is 4.98. The lowest BCUT2D eigenvalue weighted by Crippen LogP contribution is -2.30. The van der Waals surface area contributed by atoms with Gasteiger partial charge in [-0.2, -0.15) is 4.98 Å². The summed E-state index contributed by atoms with van der Waals surface area (Å²) in [5.74, 6) is 1.72. The molecule has 4 rings (SSSR count). The van der Waals surface area contributed by atoms with Crippen LogP contribution in [0, 0.1) is 13.8 Å². The molecule has 128 valence electrons. The van der Waals surface area contributed by atoms with Gasteiger partial charge in [-0.25, -0.2) is 4.98 Å². The summed E-state index contributed by atoms with van der Waals surface area (Å²) in [6.45, 7) is 6.37. The second-order valence-electron chi connectivity index (χ2n) is 6.94. The van der Waals surface area contributed by atoms with Crippen molar-refractivity contribution in [2.24, 2.45) is 0 Å². The number of rotatable bonds is 3. The molecule has 0 amide bonds. The number of para-hydroxylation sites is 1. The maximum absolute atomic E-state index is 4.88. The van der Waals surface area contributed by atoms with Crippen LogP contribution in [0.25, 0.3) is 10.9 Å². The van der Waals surface area contributed by atoms with Gasteiger partial charge in [0.05, 0.1) is 5.52 Å². The highest BCUT2D eigenvalue weighted by molar-refractivity contribution is 5.90. The van der Waals surface area contributed by atoms with Crippen molar-refractivity contribution in [1.82, 2.24) is 9.97 Å². The second kappa shape index (κ2) is 6.71. The van der Waals surface area contributed by atoms with Crippen LogP contribution in [0.2, 0.25) is 0 Å². The highest BCUT2D eigenvalue weighted by atomic mass is 15.2. The fourth-order valence-corrected chi connectivity index (χ4v) is 3.64. The molecule has 2 aromatic carbocycles. The van der Waals surface area contributed by atoms with Crippen molar-refractivity contribution in [1.29, 1.82) is 0 Å². The van der Waals surface area contributed by atoms with Gasteiger partial charge in [0.1, 0.15) is 5.82 Å². The van der Waals surface area contributed by atoms with E-state index in [-0.39, 0.29) is 0 Å². The third-order valence-electron chi connectivity index (χ3n) is 4.72. The smallest absolute Gasteiger partial charge is 0.229 e.